The molecule has 6 heteroatoms. The topological polar surface area (TPSA) is 78.5 Å². The summed E-state index contributed by atoms with van der Waals surface area (Å²) < 4.78 is 0. The van der Waals surface area contributed by atoms with Gasteiger partial charge in [0, 0.05) is 18.3 Å². The highest BCUT2D eigenvalue weighted by Gasteiger charge is 2.34. The number of carbonyl (C=O) groups is 3. The Bertz CT molecular complexity index is 801. The number of benzene rings is 1. The zero-order valence-electron chi connectivity index (χ0n) is 15.2. The van der Waals surface area contributed by atoms with Gasteiger partial charge >= 0.3 is 6.03 Å². The van der Waals surface area contributed by atoms with Crippen LogP contribution >= 0.6 is 0 Å². The van der Waals surface area contributed by atoms with Crippen LogP contribution in [0.5, 0.6) is 0 Å². The summed E-state index contributed by atoms with van der Waals surface area (Å²) in [6.07, 6.45) is 2.57. The fraction of sp³-hybridized carbons (Fsp3) is 0.421. The first-order valence-electron chi connectivity index (χ1n) is 8.37. The van der Waals surface area contributed by atoms with Crippen LogP contribution < -0.4 is 15.5 Å². The summed E-state index contributed by atoms with van der Waals surface area (Å²) in [5, 5.41) is 4.20. The molecule has 2 aliphatic heterocycles. The molecular formula is C19H23N3O3. The zero-order valence-corrected chi connectivity index (χ0v) is 15.2. The Hall–Kier alpha value is -2.63. The summed E-state index contributed by atoms with van der Waals surface area (Å²) >= 11 is 0. The number of aryl methyl sites for hydroxylation is 1. The minimum Gasteiger partial charge on any atom is -0.369 e. The molecule has 6 nitrogen and oxygen atoms in total. The van der Waals surface area contributed by atoms with Crippen molar-refractivity contribution in [1.82, 2.24) is 10.6 Å². The van der Waals surface area contributed by atoms with Gasteiger partial charge in [-0.25, -0.2) is 4.79 Å². The second-order valence-electron chi connectivity index (χ2n) is 7.54. The molecule has 0 aliphatic carbocycles. The third kappa shape index (κ3) is 2.92. The number of hydrogen-bond donors (Lipinski definition) is 2. The maximum atomic E-state index is 12.0. The Kier molecular flexibility index (Phi) is 3.94. The van der Waals surface area contributed by atoms with E-state index < -0.39 is 17.8 Å². The molecule has 1 fully saturated rings. The monoisotopic (exact) mass is 341 g/mol. The molecule has 1 saturated heterocycles. The lowest BCUT2D eigenvalue weighted by Crippen LogP contribution is -2.51. The van der Waals surface area contributed by atoms with Crippen LogP contribution in [0, 0.1) is 6.92 Å². The fourth-order valence-corrected chi connectivity index (χ4v) is 3.65. The standard InChI is InChI=1S/C19H23N3O3/c1-10-6-15-13(11(2)9-19(3,4)22(15)5)7-12(10)8-14-16(23)20-18(25)21-17(14)24/h6-8,11H,9H2,1-5H3,(H2,20,21,23,24,25)/t11-/m0/s1. The van der Waals surface area contributed by atoms with Crippen molar-refractivity contribution in [3.8, 4) is 0 Å². The highest BCUT2D eigenvalue weighted by molar-refractivity contribution is 6.31. The zero-order chi connectivity index (χ0) is 18.5. The lowest BCUT2D eigenvalue weighted by Gasteiger charge is -2.45. The molecule has 132 valence electrons. The van der Waals surface area contributed by atoms with Crippen molar-refractivity contribution < 1.29 is 14.4 Å². The second-order valence-corrected chi connectivity index (χ2v) is 7.54. The fourth-order valence-electron chi connectivity index (χ4n) is 3.65. The Balaban J connectivity index is 2.07. The van der Waals surface area contributed by atoms with Crippen molar-refractivity contribution >= 4 is 29.6 Å². The van der Waals surface area contributed by atoms with Crippen LogP contribution in [0.1, 0.15) is 49.8 Å². The number of amides is 4. The van der Waals surface area contributed by atoms with Gasteiger partial charge in [-0.1, -0.05) is 6.92 Å². The molecule has 0 unspecified atom stereocenters. The van der Waals surface area contributed by atoms with Gasteiger partial charge in [0.2, 0.25) is 0 Å². The van der Waals surface area contributed by atoms with Gasteiger partial charge in [-0.2, -0.15) is 0 Å². The van der Waals surface area contributed by atoms with E-state index in [4.69, 9.17) is 0 Å². The van der Waals surface area contributed by atoms with Crippen molar-refractivity contribution in [3.63, 3.8) is 0 Å². The van der Waals surface area contributed by atoms with Crippen LogP contribution in [0.4, 0.5) is 10.5 Å². The molecule has 1 atom stereocenters. The largest absolute Gasteiger partial charge is 0.369 e. The van der Waals surface area contributed by atoms with Gasteiger partial charge in [0.25, 0.3) is 11.8 Å². The van der Waals surface area contributed by atoms with Crippen molar-refractivity contribution in [1.29, 1.82) is 0 Å². The summed E-state index contributed by atoms with van der Waals surface area (Å²) in [7, 11) is 2.09. The predicted molar refractivity (Wildman–Crippen MR) is 96.4 cm³/mol. The first kappa shape index (κ1) is 17.2. The summed E-state index contributed by atoms with van der Waals surface area (Å²) in [5.74, 6) is -0.969. The van der Waals surface area contributed by atoms with Crippen molar-refractivity contribution in [2.75, 3.05) is 11.9 Å². The van der Waals surface area contributed by atoms with E-state index in [0.717, 1.165) is 17.5 Å². The van der Waals surface area contributed by atoms with E-state index in [1.54, 1.807) is 6.08 Å². The number of urea groups is 1. The van der Waals surface area contributed by atoms with Gasteiger partial charge in [-0.3, -0.25) is 20.2 Å². The van der Waals surface area contributed by atoms with Crippen LogP contribution in [-0.2, 0) is 9.59 Å². The first-order valence-corrected chi connectivity index (χ1v) is 8.37. The van der Waals surface area contributed by atoms with E-state index >= 15 is 0 Å². The van der Waals surface area contributed by atoms with Gasteiger partial charge in [0.15, 0.2) is 0 Å². The predicted octanol–water partition coefficient (Wildman–Crippen LogP) is 2.47. The number of rotatable bonds is 1. The van der Waals surface area contributed by atoms with Crippen molar-refractivity contribution in [2.24, 2.45) is 0 Å². The Labute approximate surface area is 147 Å². The van der Waals surface area contributed by atoms with Crippen LogP contribution in [0.15, 0.2) is 17.7 Å². The lowest BCUT2D eigenvalue weighted by molar-refractivity contribution is -0.123. The van der Waals surface area contributed by atoms with Crippen LogP contribution in [0.2, 0.25) is 0 Å². The molecule has 0 saturated carbocycles. The number of fused-ring (bicyclic) bond motifs is 1. The Morgan fingerprint density at radius 2 is 1.76 bits per heavy atom. The normalized spacial score (nSPS) is 22.3. The number of hydrogen-bond acceptors (Lipinski definition) is 4. The molecule has 2 N–H and O–H groups in total. The summed E-state index contributed by atoms with van der Waals surface area (Å²) in [6, 6.07) is 3.36. The van der Waals surface area contributed by atoms with Gasteiger partial charge in [0.1, 0.15) is 5.57 Å². The van der Waals surface area contributed by atoms with Crippen LogP contribution in [-0.4, -0.2) is 30.4 Å². The van der Waals surface area contributed by atoms with E-state index in [1.165, 1.54) is 11.3 Å². The number of nitrogens with one attached hydrogen (secondary N) is 2. The number of carbonyl (C=O) groups excluding carboxylic acids is 3. The number of barbiturate groups is 1. The average Bonchev–Trinajstić information content (AvgIpc) is 2.49. The molecule has 2 heterocycles. The quantitative estimate of drug-likeness (QED) is 0.607. The average molecular weight is 341 g/mol. The SMILES string of the molecule is Cc1cc2c(cc1C=C1C(=O)NC(=O)NC1=O)[C@@H](C)CC(C)(C)N2C. The molecule has 1 aromatic rings. The number of nitrogens with zero attached hydrogens (tertiary/aromatic N) is 1. The highest BCUT2D eigenvalue weighted by Crippen LogP contribution is 2.43. The molecule has 0 radical (unpaired) electrons. The molecule has 0 spiro atoms. The van der Waals surface area contributed by atoms with Crippen molar-refractivity contribution in [3.05, 3.63) is 34.4 Å². The van der Waals surface area contributed by atoms with Crippen LogP contribution in [0.3, 0.4) is 0 Å². The van der Waals surface area contributed by atoms with Gasteiger partial charge in [0.05, 0.1) is 0 Å². The van der Waals surface area contributed by atoms with Gasteiger partial charge < -0.3 is 4.90 Å². The molecule has 4 amide bonds. The Morgan fingerprint density at radius 3 is 2.36 bits per heavy atom. The second kappa shape index (κ2) is 5.72. The minimum absolute atomic E-state index is 0.0557. The summed E-state index contributed by atoms with van der Waals surface area (Å²) in [6.45, 7) is 8.60. The maximum absolute atomic E-state index is 12.0. The number of imide groups is 2. The summed E-state index contributed by atoms with van der Waals surface area (Å²) in [4.78, 5) is 37.4. The van der Waals surface area contributed by atoms with E-state index in [9.17, 15) is 14.4 Å². The molecular weight excluding hydrogens is 318 g/mol. The molecule has 0 bridgehead atoms. The van der Waals surface area contributed by atoms with E-state index in [1.807, 2.05) is 13.0 Å². The highest BCUT2D eigenvalue weighted by atomic mass is 16.2. The molecule has 25 heavy (non-hydrogen) atoms. The maximum Gasteiger partial charge on any atom is 0.328 e. The minimum atomic E-state index is -0.785. The Morgan fingerprint density at radius 1 is 1.16 bits per heavy atom. The molecule has 1 aromatic carbocycles. The summed E-state index contributed by atoms with van der Waals surface area (Å²) in [5.41, 5.74) is 4.18. The first-order chi connectivity index (χ1) is 11.6. The third-order valence-corrected chi connectivity index (χ3v) is 5.26. The van der Waals surface area contributed by atoms with Gasteiger partial charge in [-0.05, 0) is 68.0 Å². The van der Waals surface area contributed by atoms with Crippen molar-refractivity contribution in [2.45, 2.75) is 45.6 Å². The molecule has 2 aliphatic rings. The molecule has 0 aromatic heterocycles. The third-order valence-electron chi connectivity index (χ3n) is 5.26. The van der Waals surface area contributed by atoms with Gasteiger partial charge in [-0.15, -0.1) is 0 Å². The van der Waals surface area contributed by atoms with E-state index in [2.05, 4.69) is 49.4 Å². The van der Waals surface area contributed by atoms with E-state index in [0.29, 0.717) is 5.92 Å². The van der Waals surface area contributed by atoms with E-state index in [-0.39, 0.29) is 11.1 Å². The molecule has 3 rings (SSSR count). The van der Waals surface area contributed by atoms with Crippen LogP contribution in [0.25, 0.3) is 6.08 Å². The number of anilines is 1. The lowest BCUT2D eigenvalue weighted by atomic mass is 9.79. The smallest absolute Gasteiger partial charge is 0.328 e.